The van der Waals surface area contributed by atoms with E-state index in [9.17, 15) is 0 Å². The third-order valence-electron chi connectivity index (χ3n) is 1.30. The lowest BCUT2D eigenvalue weighted by molar-refractivity contribution is 1.04. The first-order valence-electron chi connectivity index (χ1n) is 2.59. The molecule has 0 bridgehead atoms. The van der Waals surface area contributed by atoms with Crippen molar-refractivity contribution in [2.75, 3.05) is 0 Å². The fraction of sp³-hybridized carbons (Fsp3) is 0.429. The minimum absolute atomic E-state index is 0.734. The van der Waals surface area contributed by atoms with E-state index in [1.165, 1.54) is 11.1 Å². The van der Waals surface area contributed by atoms with Gasteiger partial charge >= 0.3 is 0 Å². The van der Waals surface area contributed by atoms with E-state index >= 15 is 0 Å². The molecular weight excluding hydrogens is 84.1 g/mol. The maximum absolute atomic E-state index is 3.80. The van der Waals surface area contributed by atoms with E-state index < -0.39 is 0 Å². The van der Waals surface area contributed by atoms with E-state index in [0.717, 1.165) is 5.92 Å². The van der Waals surface area contributed by atoms with E-state index in [2.05, 4.69) is 26.5 Å². The fourth-order valence-corrected chi connectivity index (χ4v) is 0.752. The predicted molar refractivity (Wildman–Crippen MR) is 32.1 cm³/mol. The standard InChI is InChI=1S/C7H10/c1-5(2)7-4-6(7)3/h4,6H,1H2,2-3H3. The summed E-state index contributed by atoms with van der Waals surface area (Å²) >= 11 is 0. The van der Waals surface area contributed by atoms with Crippen molar-refractivity contribution in [3.05, 3.63) is 23.8 Å². The summed E-state index contributed by atoms with van der Waals surface area (Å²) < 4.78 is 0. The predicted octanol–water partition coefficient (Wildman–Crippen LogP) is 2.14. The number of hydrogen-bond acceptors (Lipinski definition) is 0. The van der Waals surface area contributed by atoms with Crippen LogP contribution in [0.25, 0.3) is 0 Å². The van der Waals surface area contributed by atoms with Crippen LogP contribution in [0.3, 0.4) is 0 Å². The van der Waals surface area contributed by atoms with Crippen molar-refractivity contribution in [3.63, 3.8) is 0 Å². The molecule has 0 aromatic heterocycles. The normalized spacial score (nSPS) is 26.6. The van der Waals surface area contributed by atoms with Crippen molar-refractivity contribution >= 4 is 0 Å². The molecule has 1 unspecified atom stereocenters. The molecule has 0 N–H and O–H groups in total. The first-order valence-corrected chi connectivity index (χ1v) is 2.59. The van der Waals surface area contributed by atoms with E-state index in [1.54, 1.807) is 0 Å². The Morgan fingerprint density at radius 1 is 1.86 bits per heavy atom. The summed E-state index contributed by atoms with van der Waals surface area (Å²) in [5.74, 6) is 0.734. The van der Waals surface area contributed by atoms with Gasteiger partial charge < -0.3 is 0 Å². The monoisotopic (exact) mass is 94.1 g/mol. The van der Waals surface area contributed by atoms with Crippen molar-refractivity contribution in [1.29, 1.82) is 0 Å². The van der Waals surface area contributed by atoms with Crippen LogP contribution in [0.1, 0.15) is 13.8 Å². The molecule has 0 radical (unpaired) electrons. The second kappa shape index (κ2) is 1.22. The zero-order valence-electron chi connectivity index (χ0n) is 4.86. The van der Waals surface area contributed by atoms with Crippen LogP contribution >= 0.6 is 0 Å². The highest BCUT2D eigenvalue weighted by atomic mass is 14.2. The van der Waals surface area contributed by atoms with Crippen LogP contribution in [0, 0.1) is 5.92 Å². The van der Waals surface area contributed by atoms with Gasteiger partial charge in [-0.2, -0.15) is 0 Å². The lowest BCUT2D eigenvalue weighted by Crippen LogP contribution is -1.70. The van der Waals surface area contributed by atoms with Gasteiger partial charge in [0.25, 0.3) is 0 Å². The quantitative estimate of drug-likeness (QED) is 0.467. The summed E-state index contributed by atoms with van der Waals surface area (Å²) in [5.41, 5.74) is 2.67. The van der Waals surface area contributed by atoms with E-state index in [1.807, 2.05) is 0 Å². The molecule has 0 aromatic rings. The highest BCUT2D eigenvalue weighted by Gasteiger charge is 2.18. The number of allylic oxidation sites excluding steroid dienone is 3. The van der Waals surface area contributed by atoms with Crippen molar-refractivity contribution in [1.82, 2.24) is 0 Å². The molecule has 1 aliphatic rings. The average Bonchev–Trinajstić information content (AvgIpc) is 2.17. The molecule has 1 atom stereocenters. The average molecular weight is 94.2 g/mol. The third-order valence-corrected chi connectivity index (χ3v) is 1.30. The minimum atomic E-state index is 0.734. The fourth-order valence-electron chi connectivity index (χ4n) is 0.752. The Kier molecular flexibility index (Phi) is 0.810. The Morgan fingerprint density at radius 3 is 2.29 bits per heavy atom. The molecule has 1 aliphatic carbocycles. The Labute approximate surface area is 44.5 Å². The SMILES string of the molecule is C=C(C)C1=CC1C. The van der Waals surface area contributed by atoms with Gasteiger partial charge in [0.1, 0.15) is 0 Å². The minimum Gasteiger partial charge on any atom is -0.0958 e. The van der Waals surface area contributed by atoms with Gasteiger partial charge in [-0.15, -0.1) is 0 Å². The Morgan fingerprint density at radius 2 is 2.29 bits per heavy atom. The zero-order chi connectivity index (χ0) is 5.44. The molecule has 0 heteroatoms. The molecule has 0 fully saturated rings. The largest absolute Gasteiger partial charge is 0.0958 e. The molecule has 0 nitrogen and oxygen atoms in total. The van der Waals surface area contributed by atoms with Gasteiger partial charge in [-0.1, -0.05) is 25.2 Å². The van der Waals surface area contributed by atoms with E-state index in [-0.39, 0.29) is 0 Å². The summed E-state index contributed by atoms with van der Waals surface area (Å²) in [6.07, 6.45) is 2.22. The summed E-state index contributed by atoms with van der Waals surface area (Å²) in [5, 5.41) is 0. The van der Waals surface area contributed by atoms with Crippen LogP contribution in [-0.4, -0.2) is 0 Å². The van der Waals surface area contributed by atoms with Crippen molar-refractivity contribution in [2.24, 2.45) is 5.92 Å². The lowest BCUT2D eigenvalue weighted by Gasteiger charge is -1.85. The van der Waals surface area contributed by atoms with Crippen LogP contribution in [-0.2, 0) is 0 Å². The Bertz CT molecular complexity index is 129. The molecule has 7 heavy (non-hydrogen) atoms. The molecule has 0 aliphatic heterocycles. The lowest BCUT2D eigenvalue weighted by atomic mass is 10.2. The zero-order valence-corrected chi connectivity index (χ0v) is 4.86. The van der Waals surface area contributed by atoms with Gasteiger partial charge in [0.15, 0.2) is 0 Å². The molecule has 0 saturated carbocycles. The van der Waals surface area contributed by atoms with Gasteiger partial charge in [0.2, 0.25) is 0 Å². The highest BCUT2D eigenvalue weighted by molar-refractivity contribution is 5.43. The smallest absolute Gasteiger partial charge is 0.000484 e. The van der Waals surface area contributed by atoms with Crippen LogP contribution in [0.5, 0.6) is 0 Å². The maximum atomic E-state index is 3.80. The summed E-state index contributed by atoms with van der Waals surface area (Å²) in [4.78, 5) is 0. The van der Waals surface area contributed by atoms with Gasteiger partial charge in [-0.25, -0.2) is 0 Å². The maximum Gasteiger partial charge on any atom is -0.000484 e. The molecule has 0 amide bonds. The third kappa shape index (κ3) is 0.738. The molecule has 0 heterocycles. The van der Waals surface area contributed by atoms with E-state index in [0.29, 0.717) is 0 Å². The molecule has 1 rings (SSSR count). The second-order valence-corrected chi connectivity index (χ2v) is 2.19. The van der Waals surface area contributed by atoms with Crippen LogP contribution in [0.15, 0.2) is 23.8 Å². The molecule has 0 saturated heterocycles. The van der Waals surface area contributed by atoms with E-state index in [4.69, 9.17) is 0 Å². The number of hydrogen-bond donors (Lipinski definition) is 0. The highest BCUT2D eigenvalue weighted by Crippen LogP contribution is 2.32. The van der Waals surface area contributed by atoms with Crippen molar-refractivity contribution < 1.29 is 0 Å². The van der Waals surface area contributed by atoms with Gasteiger partial charge in [-0.05, 0) is 18.4 Å². The van der Waals surface area contributed by atoms with Crippen molar-refractivity contribution in [3.8, 4) is 0 Å². The van der Waals surface area contributed by atoms with Gasteiger partial charge in [0, 0.05) is 0 Å². The summed E-state index contributed by atoms with van der Waals surface area (Å²) in [6.45, 7) is 8.03. The summed E-state index contributed by atoms with van der Waals surface area (Å²) in [6, 6.07) is 0. The van der Waals surface area contributed by atoms with Crippen LogP contribution < -0.4 is 0 Å². The molecule has 0 aromatic carbocycles. The van der Waals surface area contributed by atoms with Gasteiger partial charge in [0.05, 0.1) is 0 Å². The molecule has 0 spiro atoms. The summed E-state index contributed by atoms with van der Waals surface area (Å²) in [7, 11) is 0. The molecule has 38 valence electrons. The Balaban J connectivity index is 2.48. The Hall–Kier alpha value is -0.520. The first kappa shape index (κ1) is 4.63. The van der Waals surface area contributed by atoms with Crippen molar-refractivity contribution in [2.45, 2.75) is 13.8 Å². The topological polar surface area (TPSA) is 0 Å². The van der Waals surface area contributed by atoms with Crippen LogP contribution in [0.2, 0.25) is 0 Å². The van der Waals surface area contributed by atoms with Gasteiger partial charge in [-0.3, -0.25) is 0 Å². The van der Waals surface area contributed by atoms with Crippen LogP contribution in [0.4, 0.5) is 0 Å². The second-order valence-electron chi connectivity index (χ2n) is 2.19. The molecular formula is C7H10. The number of rotatable bonds is 1. The first-order chi connectivity index (χ1) is 3.22.